The molecule has 0 N–H and O–H groups in total. The summed E-state index contributed by atoms with van der Waals surface area (Å²) in [6.07, 6.45) is 0.365. The van der Waals surface area contributed by atoms with E-state index in [-0.39, 0.29) is 32.7 Å². The number of hydrogen-bond donors (Lipinski definition) is 0. The Kier molecular flexibility index (Phi) is 5.60. The molecule has 0 spiro atoms. The Morgan fingerprint density at radius 2 is 1.61 bits per heavy atom. The molecule has 3 rings (SSSR count). The van der Waals surface area contributed by atoms with Gasteiger partial charge >= 0.3 is 0 Å². The van der Waals surface area contributed by atoms with E-state index in [0.717, 1.165) is 0 Å². The maximum absolute atomic E-state index is 13.6. The van der Waals surface area contributed by atoms with E-state index in [0.29, 0.717) is 17.7 Å². The van der Waals surface area contributed by atoms with Gasteiger partial charge in [0.1, 0.15) is 15.5 Å². The maximum atomic E-state index is 13.6. The Balaban J connectivity index is 2.30. The molecule has 0 bridgehead atoms. The first-order valence-corrected chi connectivity index (χ1v) is 10.1. The van der Waals surface area contributed by atoms with Gasteiger partial charge in [0, 0.05) is 12.0 Å². The number of nitrogens with zero attached hydrogens (tertiary/aromatic N) is 1. The highest BCUT2D eigenvalue weighted by atomic mass is 32.2. The molecule has 0 saturated heterocycles. The maximum Gasteiger partial charge on any atom is 0.216 e. The molecular weight excluding hydrogens is 382 g/mol. The molecule has 0 fully saturated rings. The molecule has 0 aliphatic carbocycles. The lowest BCUT2D eigenvalue weighted by molar-refractivity contribution is 0.318. The summed E-state index contributed by atoms with van der Waals surface area (Å²) in [4.78, 5) is -0.0329. The van der Waals surface area contributed by atoms with Crippen molar-refractivity contribution in [3.63, 3.8) is 0 Å². The quantitative estimate of drug-likeness (QED) is 0.593. The van der Waals surface area contributed by atoms with Crippen molar-refractivity contribution in [2.45, 2.75) is 23.1 Å². The molecule has 3 aromatic rings. The van der Waals surface area contributed by atoms with Crippen molar-refractivity contribution in [3.05, 3.63) is 48.2 Å². The van der Waals surface area contributed by atoms with Crippen LogP contribution >= 0.6 is 0 Å². The molecule has 148 valence electrons. The minimum Gasteiger partial charge on any atom is -0.493 e. The zero-order valence-electron chi connectivity index (χ0n) is 16.1. The van der Waals surface area contributed by atoms with Crippen LogP contribution in [0, 0.1) is 0 Å². The van der Waals surface area contributed by atoms with E-state index in [1.54, 1.807) is 19.1 Å². The van der Waals surface area contributed by atoms with Gasteiger partial charge in [0.2, 0.25) is 15.6 Å². The molecule has 0 saturated carbocycles. The number of rotatable bonds is 7. The van der Waals surface area contributed by atoms with Crippen molar-refractivity contribution in [3.8, 4) is 28.5 Å². The molecule has 2 aromatic carbocycles. The summed E-state index contributed by atoms with van der Waals surface area (Å²) >= 11 is 0. The van der Waals surface area contributed by atoms with E-state index in [2.05, 4.69) is 5.16 Å². The third kappa shape index (κ3) is 3.20. The SMILES string of the molecule is CCc1onc(-c2ccccc2)c1S(=O)(=O)c1ccc(OC)c(OC)c1OC. The number of ether oxygens (including phenoxy) is 3. The lowest BCUT2D eigenvalue weighted by atomic mass is 10.1. The number of benzene rings is 2. The predicted octanol–water partition coefficient (Wildman–Crippen LogP) is 3.76. The first-order chi connectivity index (χ1) is 13.5. The Bertz CT molecular complexity index is 1070. The standard InChI is InChI=1S/C20H21NO6S/c1-5-14-20(17(21-27-14)13-9-7-6-8-10-13)28(22,23)16-12-11-15(24-2)18(25-3)19(16)26-4/h6-12H,5H2,1-4H3. The number of aromatic nitrogens is 1. The zero-order chi connectivity index (χ0) is 20.3. The lowest BCUT2D eigenvalue weighted by Crippen LogP contribution is -2.08. The Morgan fingerprint density at radius 3 is 2.18 bits per heavy atom. The number of aryl methyl sites for hydroxylation is 1. The third-order valence-electron chi connectivity index (χ3n) is 4.31. The minimum absolute atomic E-state index is 0.0201. The summed E-state index contributed by atoms with van der Waals surface area (Å²) in [5.41, 5.74) is 0.901. The van der Waals surface area contributed by atoms with E-state index in [9.17, 15) is 8.42 Å². The van der Waals surface area contributed by atoms with E-state index in [1.807, 2.05) is 18.2 Å². The van der Waals surface area contributed by atoms with Crippen LogP contribution in [0.5, 0.6) is 17.2 Å². The average molecular weight is 403 g/mol. The Hall–Kier alpha value is -3.00. The average Bonchev–Trinajstić information content (AvgIpc) is 3.18. The van der Waals surface area contributed by atoms with Gasteiger partial charge in [0.15, 0.2) is 17.3 Å². The molecule has 1 aromatic heterocycles. The second-order valence-electron chi connectivity index (χ2n) is 5.84. The van der Waals surface area contributed by atoms with Crippen molar-refractivity contribution in [1.82, 2.24) is 5.16 Å². The minimum atomic E-state index is -4.03. The van der Waals surface area contributed by atoms with Gasteiger partial charge in [-0.1, -0.05) is 42.4 Å². The summed E-state index contributed by atoms with van der Waals surface area (Å²) in [5.74, 6) is 0.893. The van der Waals surface area contributed by atoms with E-state index >= 15 is 0 Å². The zero-order valence-corrected chi connectivity index (χ0v) is 16.9. The van der Waals surface area contributed by atoms with E-state index < -0.39 is 9.84 Å². The predicted molar refractivity (Wildman–Crippen MR) is 103 cm³/mol. The van der Waals surface area contributed by atoms with Gasteiger partial charge in [-0.3, -0.25) is 0 Å². The summed E-state index contributed by atoms with van der Waals surface area (Å²) in [5, 5.41) is 4.03. The molecule has 0 atom stereocenters. The van der Waals surface area contributed by atoms with Crippen LogP contribution in [0.25, 0.3) is 11.3 Å². The lowest BCUT2D eigenvalue weighted by Gasteiger charge is -2.16. The van der Waals surface area contributed by atoms with Crippen LogP contribution < -0.4 is 14.2 Å². The molecule has 0 radical (unpaired) electrons. The third-order valence-corrected chi connectivity index (χ3v) is 6.17. The second kappa shape index (κ2) is 7.93. The van der Waals surface area contributed by atoms with Gasteiger partial charge in [-0.15, -0.1) is 0 Å². The van der Waals surface area contributed by atoms with E-state index in [4.69, 9.17) is 18.7 Å². The monoisotopic (exact) mass is 403 g/mol. The molecule has 1 heterocycles. The second-order valence-corrected chi connectivity index (χ2v) is 7.69. The summed E-state index contributed by atoms with van der Waals surface area (Å²) < 4.78 is 48.6. The molecule has 28 heavy (non-hydrogen) atoms. The van der Waals surface area contributed by atoms with Crippen LogP contribution in [-0.4, -0.2) is 34.9 Å². The Morgan fingerprint density at radius 1 is 0.929 bits per heavy atom. The van der Waals surface area contributed by atoms with Gasteiger partial charge in [-0.25, -0.2) is 8.42 Å². The summed E-state index contributed by atoms with van der Waals surface area (Å²) in [6, 6.07) is 12.0. The van der Waals surface area contributed by atoms with Crippen LogP contribution in [0.4, 0.5) is 0 Å². The smallest absolute Gasteiger partial charge is 0.216 e. The fourth-order valence-electron chi connectivity index (χ4n) is 2.99. The highest BCUT2D eigenvalue weighted by Gasteiger charge is 2.34. The highest BCUT2D eigenvalue weighted by Crippen LogP contribution is 2.45. The van der Waals surface area contributed by atoms with Gasteiger partial charge in [-0.2, -0.15) is 0 Å². The fourth-order valence-corrected chi connectivity index (χ4v) is 4.77. The number of sulfone groups is 1. The molecule has 0 aliphatic rings. The van der Waals surface area contributed by atoms with Crippen LogP contribution in [0.2, 0.25) is 0 Å². The van der Waals surface area contributed by atoms with Gasteiger partial charge < -0.3 is 18.7 Å². The largest absolute Gasteiger partial charge is 0.493 e. The van der Waals surface area contributed by atoms with Crippen LogP contribution in [0.3, 0.4) is 0 Å². The van der Waals surface area contributed by atoms with Crippen molar-refractivity contribution in [2.75, 3.05) is 21.3 Å². The van der Waals surface area contributed by atoms with Gasteiger partial charge in [-0.05, 0) is 12.1 Å². The Labute approximate surface area is 163 Å². The first kappa shape index (κ1) is 19.8. The van der Waals surface area contributed by atoms with Crippen molar-refractivity contribution >= 4 is 9.84 Å². The molecular formula is C20H21NO6S. The summed E-state index contributed by atoms with van der Waals surface area (Å²) in [7, 11) is 0.230. The number of hydrogen-bond acceptors (Lipinski definition) is 7. The molecule has 7 nitrogen and oxygen atoms in total. The molecule has 0 aliphatic heterocycles. The topological polar surface area (TPSA) is 87.9 Å². The molecule has 8 heteroatoms. The number of methoxy groups -OCH3 is 3. The van der Waals surface area contributed by atoms with Crippen LogP contribution in [0.1, 0.15) is 12.7 Å². The first-order valence-electron chi connectivity index (χ1n) is 8.57. The van der Waals surface area contributed by atoms with Crippen LogP contribution in [0.15, 0.2) is 56.8 Å². The van der Waals surface area contributed by atoms with Crippen molar-refractivity contribution < 1.29 is 27.2 Å². The van der Waals surface area contributed by atoms with E-state index in [1.165, 1.54) is 33.5 Å². The fraction of sp³-hybridized carbons (Fsp3) is 0.250. The van der Waals surface area contributed by atoms with Crippen LogP contribution in [-0.2, 0) is 16.3 Å². The molecule has 0 amide bonds. The molecule has 0 unspecified atom stereocenters. The van der Waals surface area contributed by atoms with Gasteiger partial charge in [0.05, 0.1) is 21.3 Å². The summed E-state index contributed by atoms with van der Waals surface area (Å²) in [6.45, 7) is 1.81. The van der Waals surface area contributed by atoms with Crippen molar-refractivity contribution in [2.24, 2.45) is 0 Å². The van der Waals surface area contributed by atoms with Gasteiger partial charge in [0.25, 0.3) is 0 Å². The normalized spacial score (nSPS) is 11.3. The van der Waals surface area contributed by atoms with Crippen molar-refractivity contribution in [1.29, 1.82) is 0 Å². The highest BCUT2D eigenvalue weighted by molar-refractivity contribution is 7.91.